The molecular formula is C8H15NO2. The zero-order chi connectivity index (χ0) is 8.27. The minimum atomic E-state index is 0.154. The van der Waals surface area contributed by atoms with Crippen LogP contribution in [-0.4, -0.2) is 25.2 Å². The summed E-state index contributed by atoms with van der Waals surface area (Å²) in [6.45, 7) is 5.50. The third kappa shape index (κ3) is 2.19. The first-order chi connectivity index (χ1) is 5.24. The third-order valence-electron chi connectivity index (χ3n) is 2.10. The second-order valence-electron chi connectivity index (χ2n) is 2.93. The van der Waals surface area contributed by atoms with Crippen molar-refractivity contribution in [2.75, 3.05) is 13.2 Å². The van der Waals surface area contributed by atoms with Crippen molar-refractivity contribution in [1.29, 1.82) is 0 Å². The van der Waals surface area contributed by atoms with Crippen LogP contribution in [0.4, 0.5) is 0 Å². The highest BCUT2D eigenvalue weighted by Crippen LogP contribution is 2.15. The molecule has 1 N–H and O–H groups in total. The summed E-state index contributed by atoms with van der Waals surface area (Å²) in [7, 11) is 0. The van der Waals surface area contributed by atoms with Gasteiger partial charge < -0.3 is 10.1 Å². The fraction of sp³-hybridized carbons (Fsp3) is 0.875. The number of carbonyl (C=O) groups is 1. The van der Waals surface area contributed by atoms with Crippen LogP contribution in [0.25, 0.3) is 0 Å². The summed E-state index contributed by atoms with van der Waals surface area (Å²) in [5, 5.41) is 2.79. The third-order valence-corrected chi connectivity index (χ3v) is 2.10. The van der Waals surface area contributed by atoms with Crippen molar-refractivity contribution in [3.63, 3.8) is 0 Å². The van der Waals surface area contributed by atoms with Crippen LogP contribution in [0.1, 0.15) is 20.3 Å². The van der Waals surface area contributed by atoms with E-state index in [1.165, 1.54) is 0 Å². The van der Waals surface area contributed by atoms with E-state index in [1.807, 2.05) is 13.8 Å². The maximum absolute atomic E-state index is 10.8. The molecule has 1 fully saturated rings. The Morgan fingerprint density at radius 1 is 1.82 bits per heavy atom. The lowest BCUT2D eigenvalue weighted by Gasteiger charge is -2.16. The largest absolute Gasteiger partial charge is 0.378 e. The van der Waals surface area contributed by atoms with E-state index in [0.29, 0.717) is 12.3 Å². The average Bonchev–Trinajstić information content (AvgIpc) is 2.36. The Labute approximate surface area is 67.1 Å². The quantitative estimate of drug-likeness (QED) is 0.649. The number of amides is 1. The van der Waals surface area contributed by atoms with Gasteiger partial charge in [0.05, 0.1) is 6.10 Å². The van der Waals surface area contributed by atoms with Crippen LogP contribution in [-0.2, 0) is 9.53 Å². The summed E-state index contributed by atoms with van der Waals surface area (Å²) in [4.78, 5) is 10.8. The summed E-state index contributed by atoms with van der Waals surface area (Å²) < 4.78 is 5.38. The smallest absolute Gasteiger partial charge is 0.220 e. The minimum Gasteiger partial charge on any atom is -0.378 e. The lowest BCUT2D eigenvalue weighted by Crippen LogP contribution is -2.22. The van der Waals surface area contributed by atoms with Crippen molar-refractivity contribution in [3.05, 3.63) is 0 Å². The molecule has 3 heteroatoms. The molecule has 0 bridgehead atoms. The molecule has 0 radical (unpaired) electrons. The van der Waals surface area contributed by atoms with Gasteiger partial charge in [0.15, 0.2) is 0 Å². The molecule has 1 aliphatic heterocycles. The van der Waals surface area contributed by atoms with Crippen molar-refractivity contribution >= 4 is 5.91 Å². The monoisotopic (exact) mass is 157 g/mol. The van der Waals surface area contributed by atoms with Crippen molar-refractivity contribution in [1.82, 2.24) is 5.32 Å². The molecule has 0 aromatic heterocycles. The summed E-state index contributed by atoms with van der Waals surface area (Å²) in [6, 6.07) is 0. The van der Waals surface area contributed by atoms with Gasteiger partial charge in [-0.25, -0.2) is 0 Å². The van der Waals surface area contributed by atoms with Crippen LogP contribution in [0.5, 0.6) is 0 Å². The first kappa shape index (κ1) is 8.53. The number of nitrogens with one attached hydrogen (secondary N) is 1. The molecule has 0 aromatic rings. The van der Waals surface area contributed by atoms with Crippen LogP contribution in [0.3, 0.4) is 0 Å². The van der Waals surface area contributed by atoms with Gasteiger partial charge in [0.25, 0.3) is 0 Å². The first-order valence-electron chi connectivity index (χ1n) is 4.12. The van der Waals surface area contributed by atoms with E-state index in [4.69, 9.17) is 4.74 Å². The lowest BCUT2D eigenvalue weighted by molar-refractivity contribution is -0.119. The molecule has 1 heterocycles. The lowest BCUT2D eigenvalue weighted by atomic mass is 10.0. The molecule has 2 atom stereocenters. The van der Waals surface area contributed by atoms with E-state index in [9.17, 15) is 4.79 Å². The van der Waals surface area contributed by atoms with Crippen LogP contribution in [0.15, 0.2) is 0 Å². The van der Waals surface area contributed by atoms with Gasteiger partial charge in [-0.15, -0.1) is 0 Å². The minimum absolute atomic E-state index is 0.154. The number of hydrogen-bond acceptors (Lipinski definition) is 2. The Hall–Kier alpha value is -0.570. The Bertz CT molecular complexity index is 147. The molecule has 0 spiro atoms. The van der Waals surface area contributed by atoms with Gasteiger partial charge in [0, 0.05) is 25.5 Å². The highest BCUT2D eigenvalue weighted by Gasteiger charge is 2.26. The van der Waals surface area contributed by atoms with Gasteiger partial charge in [0.1, 0.15) is 0 Å². The molecule has 1 aliphatic rings. The molecule has 2 unspecified atom stereocenters. The summed E-state index contributed by atoms with van der Waals surface area (Å²) in [5.41, 5.74) is 0. The topological polar surface area (TPSA) is 38.3 Å². The molecule has 64 valence electrons. The fourth-order valence-electron chi connectivity index (χ4n) is 1.36. The molecule has 11 heavy (non-hydrogen) atoms. The Balaban J connectivity index is 2.30. The van der Waals surface area contributed by atoms with Gasteiger partial charge in [-0.1, -0.05) is 0 Å². The highest BCUT2D eigenvalue weighted by atomic mass is 16.5. The summed E-state index contributed by atoms with van der Waals surface area (Å²) >= 11 is 0. The van der Waals surface area contributed by atoms with Crippen LogP contribution in [0, 0.1) is 5.92 Å². The van der Waals surface area contributed by atoms with Gasteiger partial charge >= 0.3 is 0 Å². The average molecular weight is 157 g/mol. The van der Waals surface area contributed by atoms with Gasteiger partial charge in [-0.2, -0.15) is 0 Å². The second-order valence-corrected chi connectivity index (χ2v) is 2.93. The van der Waals surface area contributed by atoms with Crippen molar-refractivity contribution in [2.45, 2.75) is 26.4 Å². The zero-order valence-electron chi connectivity index (χ0n) is 7.09. The van der Waals surface area contributed by atoms with Crippen molar-refractivity contribution < 1.29 is 9.53 Å². The zero-order valence-corrected chi connectivity index (χ0v) is 7.09. The Kier molecular flexibility index (Phi) is 2.88. The van der Waals surface area contributed by atoms with E-state index in [0.717, 1.165) is 13.2 Å². The molecule has 0 saturated carbocycles. The van der Waals surface area contributed by atoms with Gasteiger partial charge in [-0.3, -0.25) is 4.79 Å². The van der Waals surface area contributed by atoms with E-state index < -0.39 is 0 Å². The van der Waals surface area contributed by atoms with Gasteiger partial charge in [-0.05, 0) is 13.8 Å². The van der Waals surface area contributed by atoms with Gasteiger partial charge in [0.2, 0.25) is 5.91 Å². The van der Waals surface area contributed by atoms with E-state index >= 15 is 0 Å². The van der Waals surface area contributed by atoms with Crippen LogP contribution < -0.4 is 5.32 Å². The molecule has 0 aromatic carbocycles. The molecule has 1 saturated heterocycles. The van der Waals surface area contributed by atoms with Crippen LogP contribution >= 0.6 is 0 Å². The Morgan fingerprint density at radius 2 is 2.55 bits per heavy atom. The van der Waals surface area contributed by atoms with Crippen LogP contribution in [0.2, 0.25) is 0 Å². The van der Waals surface area contributed by atoms with E-state index in [2.05, 4.69) is 5.32 Å². The van der Waals surface area contributed by atoms with E-state index in [1.54, 1.807) is 0 Å². The van der Waals surface area contributed by atoms with E-state index in [-0.39, 0.29) is 12.0 Å². The summed E-state index contributed by atoms with van der Waals surface area (Å²) in [5.74, 6) is 0.531. The normalized spacial score (nSPS) is 26.7. The molecule has 1 rings (SSSR count). The predicted octanol–water partition coefficient (Wildman–Crippen LogP) is 0.547. The SMILES string of the molecule is CCOC(C)C1CNC(=O)C1. The second kappa shape index (κ2) is 3.72. The number of hydrogen-bond donors (Lipinski definition) is 1. The summed E-state index contributed by atoms with van der Waals surface area (Å²) in [6.07, 6.45) is 0.834. The predicted molar refractivity (Wildman–Crippen MR) is 42.2 cm³/mol. The molecule has 0 aliphatic carbocycles. The van der Waals surface area contributed by atoms with Crippen molar-refractivity contribution in [3.8, 4) is 0 Å². The molecular weight excluding hydrogens is 142 g/mol. The fourth-order valence-corrected chi connectivity index (χ4v) is 1.36. The first-order valence-corrected chi connectivity index (χ1v) is 4.12. The number of carbonyl (C=O) groups excluding carboxylic acids is 1. The molecule has 1 amide bonds. The maximum atomic E-state index is 10.8. The number of ether oxygens (including phenoxy) is 1. The van der Waals surface area contributed by atoms with Crippen molar-refractivity contribution in [2.24, 2.45) is 5.92 Å². The Morgan fingerprint density at radius 3 is 3.00 bits per heavy atom. The standard InChI is InChI=1S/C8H15NO2/c1-3-11-6(2)7-4-8(10)9-5-7/h6-7H,3-5H2,1-2H3,(H,9,10). The number of rotatable bonds is 3. The molecule has 3 nitrogen and oxygen atoms in total. The maximum Gasteiger partial charge on any atom is 0.220 e. The highest BCUT2D eigenvalue weighted by molar-refractivity contribution is 5.78.